The van der Waals surface area contributed by atoms with E-state index in [1.807, 2.05) is 0 Å². The van der Waals surface area contributed by atoms with Gasteiger partial charge in [-0.25, -0.2) is 4.39 Å². The van der Waals surface area contributed by atoms with Crippen LogP contribution in [0.15, 0.2) is 18.2 Å². The number of benzene rings is 1. The Morgan fingerprint density at radius 2 is 2.00 bits per heavy atom. The van der Waals surface area contributed by atoms with Gasteiger partial charge in [-0.2, -0.15) is 0 Å². The minimum atomic E-state index is -0.277. The van der Waals surface area contributed by atoms with E-state index >= 15 is 0 Å². The van der Waals surface area contributed by atoms with E-state index < -0.39 is 0 Å². The summed E-state index contributed by atoms with van der Waals surface area (Å²) in [5, 5.41) is 3.02. The van der Waals surface area contributed by atoms with Crippen molar-refractivity contribution < 1.29 is 13.9 Å². The molecule has 0 radical (unpaired) electrons. The topological polar surface area (TPSA) is 64.3 Å². The summed E-state index contributed by atoms with van der Waals surface area (Å²) in [4.78, 5) is 12.5. The van der Waals surface area contributed by atoms with Crippen molar-refractivity contribution in [1.82, 2.24) is 5.32 Å². The van der Waals surface area contributed by atoms with Gasteiger partial charge in [0.15, 0.2) is 0 Å². The molecule has 0 heterocycles. The maximum absolute atomic E-state index is 13.6. The Morgan fingerprint density at radius 3 is 2.64 bits per heavy atom. The number of carbonyl (C=O) groups excluding carboxylic acids is 1. The molecule has 1 aromatic carbocycles. The second-order valence-electron chi connectivity index (χ2n) is 7.27. The van der Waals surface area contributed by atoms with Gasteiger partial charge in [0.1, 0.15) is 5.82 Å². The Hall–Kier alpha value is -1.17. The molecule has 2 aliphatic carbocycles. The van der Waals surface area contributed by atoms with Crippen LogP contribution < -0.4 is 11.1 Å². The first-order chi connectivity index (χ1) is 11.6. The van der Waals surface area contributed by atoms with Crippen molar-refractivity contribution in [3.63, 3.8) is 0 Å². The Bertz CT molecular complexity index is 585. The van der Waals surface area contributed by atoms with E-state index in [0.29, 0.717) is 23.9 Å². The van der Waals surface area contributed by atoms with Gasteiger partial charge in [-0.3, -0.25) is 4.79 Å². The lowest BCUT2D eigenvalue weighted by molar-refractivity contribution is -0.128. The second-order valence-corrected chi connectivity index (χ2v) is 7.27. The molecule has 25 heavy (non-hydrogen) atoms. The summed E-state index contributed by atoms with van der Waals surface area (Å²) in [6, 6.07) is 5.17. The molecule has 140 valence electrons. The molecule has 0 saturated heterocycles. The maximum Gasteiger partial charge on any atom is 0.223 e. The van der Waals surface area contributed by atoms with E-state index in [4.69, 9.17) is 10.5 Å². The predicted octanol–water partition coefficient (Wildman–Crippen LogP) is 3.16. The molecule has 2 saturated carbocycles. The lowest BCUT2D eigenvalue weighted by atomic mass is 9.65. The van der Waals surface area contributed by atoms with E-state index in [-0.39, 0.29) is 42.7 Å². The summed E-state index contributed by atoms with van der Waals surface area (Å²) in [5.41, 5.74) is 7.70. The summed E-state index contributed by atoms with van der Waals surface area (Å²) in [6.45, 7) is 0.658. The van der Waals surface area contributed by atoms with E-state index in [9.17, 15) is 9.18 Å². The van der Waals surface area contributed by atoms with Gasteiger partial charge in [0.25, 0.3) is 0 Å². The largest absolute Gasteiger partial charge is 0.380 e. The number of carbonyl (C=O) groups is 1. The lowest BCUT2D eigenvalue weighted by Gasteiger charge is -2.43. The van der Waals surface area contributed by atoms with Gasteiger partial charge >= 0.3 is 0 Å². The number of methoxy groups -OCH3 is 1. The van der Waals surface area contributed by atoms with E-state index in [2.05, 4.69) is 5.32 Å². The monoisotopic (exact) mass is 370 g/mol. The van der Waals surface area contributed by atoms with Crippen molar-refractivity contribution in [2.24, 2.45) is 23.5 Å². The highest BCUT2D eigenvalue weighted by Gasteiger charge is 2.40. The fraction of sp³-hybridized carbons (Fsp3) is 0.632. The molecule has 6 heteroatoms. The van der Waals surface area contributed by atoms with Gasteiger partial charge in [0, 0.05) is 31.2 Å². The molecule has 3 N–H and O–H groups in total. The van der Waals surface area contributed by atoms with Crippen molar-refractivity contribution in [1.29, 1.82) is 0 Å². The van der Waals surface area contributed by atoms with Crippen molar-refractivity contribution in [2.45, 2.75) is 51.3 Å². The van der Waals surface area contributed by atoms with Crippen LogP contribution in [-0.2, 0) is 22.7 Å². The van der Waals surface area contributed by atoms with Crippen molar-refractivity contribution in [3.05, 3.63) is 35.1 Å². The van der Waals surface area contributed by atoms with Crippen LogP contribution in [0.4, 0.5) is 4.39 Å². The van der Waals surface area contributed by atoms with Crippen LogP contribution in [0.25, 0.3) is 0 Å². The normalized spacial score (nSPS) is 28.1. The van der Waals surface area contributed by atoms with Crippen LogP contribution in [-0.4, -0.2) is 19.1 Å². The second kappa shape index (κ2) is 8.97. The van der Waals surface area contributed by atoms with E-state index in [1.54, 1.807) is 19.2 Å². The first-order valence-electron chi connectivity index (χ1n) is 8.88. The van der Waals surface area contributed by atoms with Crippen LogP contribution in [0.3, 0.4) is 0 Å². The molecule has 3 rings (SSSR count). The summed E-state index contributed by atoms with van der Waals surface area (Å²) in [5.74, 6) is 0.885. The Balaban J connectivity index is 0.00000225. The average Bonchev–Trinajstić information content (AvgIpc) is 2.55. The lowest BCUT2D eigenvalue weighted by Crippen LogP contribution is -2.49. The Labute approximate surface area is 155 Å². The molecule has 0 aromatic heterocycles. The first-order valence-corrected chi connectivity index (χ1v) is 8.88. The number of nitrogens with one attached hydrogen (secondary N) is 1. The highest BCUT2D eigenvalue weighted by Crippen LogP contribution is 2.41. The number of hydrogen-bond donors (Lipinski definition) is 2. The summed E-state index contributed by atoms with van der Waals surface area (Å²) < 4.78 is 18.6. The fourth-order valence-corrected chi connectivity index (χ4v) is 4.34. The Kier molecular flexibility index (Phi) is 7.23. The van der Waals surface area contributed by atoms with Crippen LogP contribution in [0.2, 0.25) is 0 Å². The van der Waals surface area contributed by atoms with Crippen LogP contribution >= 0.6 is 12.4 Å². The standard InChI is InChI=1S/C19H27FN2O2.ClH/c1-24-11-16-7-12(5-6-17(16)20)10-22-19(23)15-8-13-3-2-4-14(9-15)18(13)21;/h5-7,13-15,18H,2-4,8-11,21H2,1H3,(H,22,23);1H. The molecular weight excluding hydrogens is 343 g/mol. The number of ether oxygens (including phenoxy) is 1. The SMILES string of the molecule is COCc1cc(CNC(=O)C2CC3CCCC(C2)C3N)ccc1F.Cl. The summed E-state index contributed by atoms with van der Waals surface area (Å²) in [6.07, 6.45) is 5.36. The molecule has 1 aromatic rings. The zero-order valence-electron chi connectivity index (χ0n) is 14.7. The number of nitrogens with two attached hydrogens (primary N) is 1. The van der Waals surface area contributed by atoms with E-state index in [0.717, 1.165) is 31.2 Å². The molecule has 2 aliphatic rings. The molecule has 0 aliphatic heterocycles. The molecule has 2 unspecified atom stereocenters. The number of amides is 1. The quantitative estimate of drug-likeness (QED) is 0.836. The van der Waals surface area contributed by atoms with Crippen LogP contribution in [0.1, 0.15) is 43.2 Å². The molecule has 2 fully saturated rings. The third-order valence-corrected chi connectivity index (χ3v) is 5.66. The smallest absolute Gasteiger partial charge is 0.223 e. The molecule has 0 spiro atoms. The predicted molar refractivity (Wildman–Crippen MR) is 97.7 cm³/mol. The van der Waals surface area contributed by atoms with Gasteiger partial charge in [0.2, 0.25) is 5.91 Å². The van der Waals surface area contributed by atoms with Gasteiger partial charge in [-0.1, -0.05) is 12.5 Å². The fourth-order valence-electron chi connectivity index (χ4n) is 4.34. The van der Waals surface area contributed by atoms with Crippen LogP contribution in [0.5, 0.6) is 0 Å². The number of hydrogen-bond acceptors (Lipinski definition) is 3. The summed E-state index contributed by atoms with van der Waals surface area (Å²) in [7, 11) is 1.54. The van der Waals surface area contributed by atoms with Gasteiger partial charge < -0.3 is 15.8 Å². The molecule has 1 amide bonds. The number of fused-ring (bicyclic) bond motifs is 2. The van der Waals surface area contributed by atoms with Gasteiger partial charge in [-0.05, 0) is 55.2 Å². The molecule has 4 nitrogen and oxygen atoms in total. The van der Waals surface area contributed by atoms with Gasteiger partial charge in [0.05, 0.1) is 6.61 Å². The zero-order valence-corrected chi connectivity index (χ0v) is 15.5. The van der Waals surface area contributed by atoms with Crippen LogP contribution in [0, 0.1) is 23.6 Å². The number of rotatable bonds is 5. The molecular formula is C19H28ClFN2O2. The summed E-state index contributed by atoms with van der Waals surface area (Å²) >= 11 is 0. The van der Waals surface area contributed by atoms with Gasteiger partial charge in [-0.15, -0.1) is 12.4 Å². The van der Waals surface area contributed by atoms with Crippen molar-refractivity contribution >= 4 is 18.3 Å². The van der Waals surface area contributed by atoms with Crippen molar-refractivity contribution in [2.75, 3.05) is 7.11 Å². The third-order valence-electron chi connectivity index (χ3n) is 5.66. The average molecular weight is 371 g/mol. The minimum Gasteiger partial charge on any atom is -0.380 e. The third kappa shape index (κ3) is 4.72. The van der Waals surface area contributed by atoms with E-state index in [1.165, 1.54) is 12.5 Å². The highest BCUT2D eigenvalue weighted by molar-refractivity contribution is 5.85. The highest BCUT2D eigenvalue weighted by atomic mass is 35.5. The zero-order chi connectivity index (χ0) is 17.1. The minimum absolute atomic E-state index is 0. The Morgan fingerprint density at radius 1 is 1.32 bits per heavy atom. The van der Waals surface area contributed by atoms with Crippen molar-refractivity contribution in [3.8, 4) is 0 Å². The molecule has 2 bridgehead atoms. The number of halogens is 2. The first kappa shape index (κ1) is 20.1. The maximum atomic E-state index is 13.6. The molecule has 2 atom stereocenters.